The van der Waals surface area contributed by atoms with E-state index in [-0.39, 0.29) is 17.4 Å². The zero-order valence-corrected chi connectivity index (χ0v) is 16.0. The van der Waals surface area contributed by atoms with Gasteiger partial charge in [0.05, 0.1) is 19.3 Å². The number of benzene rings is 1. The van der Waals surface area contributed by atoms with Crippen LogP contribution in [-0.2, 0) is 6.54 Å². The van der Waals surface area contributed by atoms with Gasteiger partial charge < -0.3 is 10.1 Å². The number of nitrogens with zero attached hydrogens (tertiary/aromatic N) is 4. The molecule has 0 atom stereocenters. The number of hydrogen-bond donors (Lipinski definition) is 1. The highest BCUT2D eigenvalue weighted by atomic mass is 32.1. The number of aromatic nitrogens is 4. The van der Waals surface area contributed by atoms with Crippen molar-refractivity contribution in [1.29, 1.82) is 0 Å². The van der Waals surface area contributed by atoms with Gasteiger partial charge in [0, 0.05) is 28.4 Å². The van der Waals surface area contributed by atoms with Crippen molar-refractivity contribution in [3.63, 3.8) is 0 Å². The van der Waals surface area contributed by atoms with Gasteiger partial charge in [-0.2, -0.15) is 0 Å². The predicted octanol–water partition coefficient (Wildman–Crippen LogP) is 3.24. The Morgan fingerprint density at radius 2 is 2.00 bits per heavy atom. The highest BCUT2D eigenvalue weighted by Crippen LogP contribution is 2.27. The Labute approximate surface area is 163 Å². The molecule has 28 heavy (non-hydrogen) atoms. The van der Waals surface area contributed by atoms with Crippen LogP contribution in [0.25, 0.3) is 16.2 Å². The Balaban J connectivity index is 1.49. The van der Waals surface area contributed by atoms with E-state index in [2.05, 4.69) is 20.5 Å². The van der Waals surface area contributed by atoms with Gasteiger partial charge in [0.1, 0.15) is 5.82 Å². The molecule has 0 bridgehead atoms. The SMILES string of the molecule is COc1ccc(C(=O)NCc2sc3nc(-c4ccc(F)cc4)cn3c2C)nn1. The first-order valence-corrected chi connectivity index (χ1v) is 9.26. The molecular formula is C19H16FN5O2S. The number of rotatable bonds is 5. The highest BCUT2D eigenvalue weighted by Gasteiger charge is 2.15. The number of hydrogen-bond acceptors (Lipinski definition) is 6. The van der Waals surface area contributed by atoms with Crippen LogP contribution in [0, 0.1) is 12.7 Å². The summed E-state index contributed by atoms with van der Waals surface area (Å²) >= 11 is 1.49. The van der Waals surface area contributed by atoms with Crippen LogP contribution >= 0.6 is 11.3 Å². The Morgan fingerprint density at radius 3 is 2.64 bits per heavy atom. The van der Waals surface area contributed by atoms with Crippen molar-refractivity contribution in [2.75, 3.05) is 7.11 Å². The average Bonchev–Trinajstić information content (AvgIpc) is 3.26. The first kappa shape index (κ1) is 18.1. The van der Waals surface area contributed by atoms with Gasteiger partial charge in [0.25, 0.3) is 5.91 Å². The van der Waals surface area contributed by atoms with Crippen LogP contribution in [0.15, 0.2) is 42.6 Å². The fraction of sp³-hybridized carbons (Fsp3) is 0.158. The number of carbonyl (C=O) groups excluding carboxylic acids is 1. The summed E-state index contributed by atoms with van der Waals surface area (Å²) in [4.78, 5) is 18.7. The minimum Gasteiger partial charge on any atom is -0.480 e. The molecule has 0 fully saturated rings. The zero-order valence-electron chi connectivity index (χ0n) is 15.1. The van der Waals surface area contributed by atoms with Gasteiger partial charge in [-0.1, -0.05) is 11.3 Å². The molecule has 9 heteroatoms. The third-order valence-corrected chi connectivity index (χ3v) is 5.44. The Morgan fingerprint density at radius 1 is 1.21 bits per heavy atom. The average molecular weight is 397 g/mol. The first-order chi connectivity index (χ1) is 13.5. The molecule has 0 aliphatic heterocycles. The summed E-state index contributed by atoms with van der Waals surface area (Å²) in [5, 5.41) is 10.5. The van der Waals surface area contributed by atoms with E-state index in [1.165, 1.54) is 30.6 Å². The molecule has 3 heterocycles. The van der Waals surface area contributed by atoms with Crippen LogP contribution in [0.5, 0.6) is 5.88 Å². The lowest BCUT2D eigenvalue weighted by Crippen LogP contribution is -2.24. The fourth-order valence-electron chi connectivity index (χ4n) is 2.72. The molecule has 4 rings (SSSR count). The van der Waals surface area contributed by atoms with Crippen LogP contribution in [0.1, 0.15) is 21.1 Å². The number of nitrogens with one attached hydrogen (secondary N) is 1. The van der Waals surface area contributed by atoms with Crippen molar-refractivity contribution in [3.05, 3.63) is 64.7 Å². The van der Waals surface area contributed by atoms with Crippen molar-refractivity contribution in [2.24, 2.45) is 0 Å². The highest BCUT2D eigenvalue weighted by molar-refractivity contribution is 7.17. The molecule has 1 aromatic carbocycles. The summed E-state index contributed by atoms with van der Waals surface area (Å²) in [7, 11) is 1.49. The fourth-order valence-corrected chi connectivity index (χ4v) is 3.76. The largest absolute Gasteiger partial charge is 0.480 e. The zero-order chi connectivity index (χ0) is 19.7. The van der Waals surface area contributed by atoms with Crippen LogP contribution in [0.2, 0.25) is 0 Å². The minimum atomic E-state index is -0.312. The number of ether oxygens (including phenoxy) is 1. The second-order valence-electron chi connectivity index (χ2n) is 6.04. The maximum Gasteiger partial charge on any atom is 0.272 e. The summed E-state index contributed by atoms with van der Waals surface area (Å²) in [5.41, 5.74) is 2.84. The van der Waals surface area contributed by atoms with Gasteiger partial charge in [-0.3, -0.25) is 9.20 Å². The number of aryl methyl sites for hydroxylation is 1. The molecule has 0 radical (unpaired) electrons. The van der Waals surface area contributed by atoms with E-state index < -0.39 is 0 Å². The van der Waals surface area contributed by atoms with Crippen LogP contribution in [0.3, 0.4) is 0 Å². The molecule has 4 aromatic rings. The van der Waals surface area contributed by atoms with Gasteiger partial charge in [0.15, 0.2) is 10.7 Å². The number of amides is 1. The van der Waals surface area contributed by atoms with Crippen LogP contribution in [0.4, 0.5) is 4.39 Å². The number of imidazole rings is 1. The Kier molecular flexibility index (Phi) is 4.74. The molecule has 3 aromatic heterocycles. The molecular weight excluding hydrogens is 381 g/mol. The van der Waals surface area contributed by atoms with Crippen molar-refractivity contribution in [1.82, 2.24) is 24.9 Å². The number of methoxy groups -OCH3 is 1. The molecule has 0 unspecified atom stereocenters. The molecule has 0 saturated heterocycles. The van der Waals surface area contributed by atoms with Gasteiger partial charge in [-0.05, 0) is 37.3 Å². The monoisotopic (exact) mass is 397 g/mol. The summed E-state index contributed by atoms with van der Waals surface area (Å²) in [6.45, 7) is 2.33. The molecule has 1 N–H and O–H groups in total. The molecule has 0 aliphatic carbocycles. The number of fused-ring (bicyclic) bond motifs is 1. The quantitative estimate of drug-likeness (QED) is 0.559. The number of halogens is 1. The summed E-state index contributed by atoms with van der Waals surface area (Å²) in [5.74, 6) is -0.239. The van der Waals surface area contributed by atoms with Crippen molar-refractivity contribution in [2.45, 2.75) is 13.5 Å². The standard InChI is InChI=1S/C19H16FN5O2S/c1-11-16(9-21-18(26)14-7-8-17(27-2)24-23-14)28-19-22-15(10-25(11)19)12-3-5-13(20)6-4-12/h3-8,10H,9H2,1-2H3,(H,21,26). The Bertz CT molecular complexity index is 1140. The van der Waals surface area contributed by atoms with Crippen LogP contribution < -0.4 is 10.1 Å². The van der Waals surface area contributed by atoms with Crippen LogP contribution in [-0.4, -0.2) is 32.6 Å². The van der Waals surface area contributed by atoms with E-state index in [0.717, 1.165) is 26.8 Å². The lowest BCUT2D eigenvalue weighted by atomic mass is 10.2. The lowest BCUT2D eigenvalue weighted by Gasteiger charge is -2.04. The summed E-state index contributed by atoms with van der Waals surface area (Å²) < 4.78 is 20.0. The normalized spacial score (nSPS) is 11.0. The van der Waals surface area contributed by atoms with E-state index in [9.17, 15) is 9.18 Å². The van der Waals surface area contributed by atoms with Gasteiger partial charge >= 0.3 is 0 Å². The van der Waals surface area contributed by atoms with E-state index in [1.807, 2.05) is 17.5 Å². The van der Waals surface area contributed by atoms with Crippen molar-refractivity contribution >= 4 is 22.2 Å². The van der Waals surface area contributed by atoms with Crippen molar-refractivity contribution in [3.8, 4) is 17.1 Å². The summed E-state index contributed by atoms with van der Waals surface area (Å²) in [6, 6.07) is 9.38. The predicted molar refractivity (Wildman–Crippen MR) is 103 cm³/mol. The molecule has 0 saturated carbocycles. The molecule has 7 nitrogen and oxygen atoms in total. The number of carbonyl (C=O) groups is 1. The minimum absolute atomic E-state index is 0.221. The maximum absolute atomic E-state index is 13.1. The van der Waals surface area contributed by atoms with Gasteiger partial charge in [-0.15, -0.1) is 10.2 Å². The van der Waals surface area contributed by atoms with Gasteiger partial charge in [0.2, 0.25) is 5.88 Å². The van der Waals surface area contributed by atoms with E-state index >= 15 is 0 Å². The molecule has 0 aliphatic rings. The van der Waals surface area contributed by atoms with E-state index in [4.69, 9.17) is 4.74 Å². The van der Waals surface area contributed by atoms with E-state index in [1.54, 1.807) is 24.3 Å². The third kappa shape index (κ3) is 3.44. The smallest absolute Gasteiger partial charge is 0.272 e. The second kappa shape index (κ2) is 7.35. The maximum atomic E-state index is 13.1. The molecule has 1 amide bonds. The first-order valence-electron chi connectivity index (χ1n) is 8.44. The third-order valence-electron chi connectivity index (χ3n) is 4.28. The molecule has 142 valence electrons. The molecule has 0 spiro atoms. The van der Waals surface area contributed by atoms with E-state index in [0.29, 0.717) is 12.4 Å². The lowest BCUT2D eigenvalue weighted by molar-refractivity contribution is 0.0945. The summed E-state index contributed by atoms with van der Waals surface area (Å²) in [6.07, 6.45) is 1.91. The number of thiazole rings is 1. The Hall–Kier alpha value is -3.33. The second-order valence-corrected chi connectivity index (χ2v) is 7.10. The van der Waals surface area contributed by atoms with Gasteiger partial charge in [-0.25, -0.2) is 9.37 Å². The topological polar surface area (TPSA) is 81.4 Å². The van der Waals surface area contributed by atoms with Crippen molar-refractivity contribution < 1.29 is 13.9 Å².